The van der Waals surface area contributed by atoms with Crippen LogP contribution in [0.4, 0.5) is 0 Å². The lowest BCUT2D eigenvalue weighted by molar-refractivity contribution is 0.0558. The minimum Gasteiger partial charge on any atom is -0.463 e. The van der Waals surface area contributed by atoms with Gasteiger partial charge in [0.05, 0.1) is 7.11 Å². The molecule has 1 N–H and O–H groups in total. The lowest BCUT2D eigenvalue weighted by Crippen LogP contribution is -2.02. The lowest BCUT2D eigenvalue weighted by atomic mass is 10.0. The molecule has 100 valence electrons. The van der Waals surface area contributed by atoms with E-state index in [1.165, 1.54) is 13.2 Å². The average molecular weight is 325 g/mol. The highest BCUT2D eigenvalue weighted by atomic mass is 79.9. The van der Waals surface area contributed by atoms with E-state index in [1.807, 2.05) is 25.1 Å². The van der Waals surface area contributed by atoms with E-state index < -0.39 is 12.1 Å². The Balaban J connectivity index is 2.33. The number of hydrogen-bond acceptors (Lipinski definition) is 4. The van der Waals surface area contributed by atoms with Crippen LogP contribution in [0.3, 0.4) is 0 Å². The van der Waals surface area contributed by atoms with Gasteiger partial charge in [-0.2, -0.15) is 0 Å². The summed E-state index contributed by atoms with van der Waals surface area (Å²) >= 11 is 3.36. The molecule has 0 radical (unpaired) electrons. The summed E-state index contributed by atoms with van der Waals surface area (Å²) in [5, 5.41) is 10.3. The predicted octanol–water partition coefficient (Wildman–Crippen LogP) is 3.22. The van der Waals surface area contributed by atoms with Crippen LogP contribution in [0, 0.1) is 6.92 Å². The Morgan fingerprint density at radius 2 is 2.11 bits per heavy atom. The molecule has 0 amide bonds. The van der Waals surface area contributed by atoms with Crippen LogP contribution in [0.1, 0.15) is 33.5 Å². The lowest BCUT2D eigenvalue weighted by Gasteiger charge is -2.11. The molecule has 1 heterocycles. The van der Waals surface area contributed by atoms with Gasteiger partial charge in [-0.15, -0.1) is 0 Å². The molecule has 0 aliphatic heterocycles. The molecule has 0 saturated heterocycles. The third-order valence-corrected chi connectivity index (χ3v) is 3.31. The number of rotatable bonds is 3. The summed E-state index contributed by atoms with van der Waals surface area (Å²) in [5.74, 6) is -0.185. The third-order valence-electron chi connectivity index (χ3n) is 2.82. The Kier molecular flexibility index (Phi) is 4.07. The Hall–Kier alpha value is -1.59. The van der Waals surface area contributed by atoms with Crippen molar-refractivity contribution in [1.29, 1.82) is 0 Å². The van der Waals surface area contributed by atoms with Crippen molar-refractivity contribution in [1.82, 2.24) is 0 Å². The number of carbonyl (C=O) groups excluding carboxylic acids is 1. The molecule has 0 aliphatic carbocycles. The quantitative estimate of drug-likeness (QED) is 0.880. The maximum absolute atomic E-state index is 11.3. The van der Waals surface area contributed by atoms with E-state index in [2.05, 4.69) is 20.7 Å². The number of esters is 1. The second-order valence-electron chi connectivity index (χ2n) is 4.10. The van der Waals surface area contributed by atoms with Crippen molar-refractivity contribution in [3.05, 3.63) is 57.5 Å². The first-order chi connectivity index (χ1) is 9.02. The van der Waals surface area contributed by atoms with Crippen LogP contribution < -0.4 is 0 Å². The summed E-state index contributed by atoms with van der Waals surface area (Å²) < 4.78 is 10.7. The predicted molar refractivity (Wildman–Crippen MR) is 73.0 cm³/mol. The van der Waals surface area contributed by atoms with E-state index >= 15 is 0 Å². The molecule has 0 bridgehead atoms. The van der Waals surface area contributed by atoms with Crippen LogP contribution in [0.15, 0.2) is 39.2 Å². The maximum Gasteiger partial charge on any atom is 0.373 e. The number of aliphatic hydroxyl groups is 1. The van der Waals surface area contributed by atoms with Gasteiger partial charge in [0.25, 0.3) is 0 Å². The van der Waals surface area contributed by atoms with E-state index in [9.17, 15) is 9.90 Å². The minimum atomic E-state index is -0.920. The van der Waals surface area contributed by atoms with Gasteiger partial charge >= 0.3 is 5.97 Å². The molecular formula is C14H13BrO4. The van der Waals surface area contributed by atoms with Gasteiger partial charge in [-0.1, -0.05) is 22.0 Å². The number of furan rings is 1. The molecule has 19 heavy (non-hydrogen) atoms. The van der Waals surface area contributed by atoms with Crippen molar-refractivity contribution in [3.63, 3.8) is 0 Å². The molecule has 0 saturated carbocycles. The number of ether oxygens (including phenoxy) is 1. The van der Waals surface area contributed by atoms with Gasteiger partial charge in [-0.05, 0) is 42.3 Å². The fourth-order valence-electron chi connectivity index (χ4n) is 1.77. The first-order valence-electron chi connectivity index (χ1n) is 5.65. The van der Waals surface area contributed by atoms with E-state index in [0.717, 1.165) is 15.6 Å². The molecule has 0 aliphatic rings. The Morgan fingerprint density at radius 1 is 1.37 bits per heavy atom. The molecule has 5 heteroatoms. The first-order valence-corrected chi connectivity index (χ1v) is 6.44. The van der Waals surface area contributed by atoms with Crippen molar-refractivity contribution in [2.75, 3.05) is 7.11 Å². The van der Waals surface area contributed by atoms with Crippen LogP contribution >= 0.6 is 15.9 Å². The van der Waals surface area contributed by atoms with Crippen LogP contribution in [0.25, 0.3) is 0 Å². The molecular weight excluding hydrogens is 312 g/mol. The van der Waals surface area contributed by atoms with Gasteiger partial charge < -0.3 is 14.3 Å². The minimum absolute atomic E-state index is 0.0733. The van der Waals surface area contributed by atoms with Gasteiger partial charge in [-0.3, -0.25) is 0 Å². The van der Waals surface area contributed by atoms with Crippen molar-refractivity contribution in [3.8, 4) is 0 Å². The van der Waals surface area contributed by atoms with Crippen molar-refractivity contribution >= 4 is 21.9 Å². The number of methoxy groups -OCH3 is 1. The Labute approximate surface area is 119 Å². The van der Waals surface area contributed by atoms with E-state index in [1.54, 1.807) is 6.07 Å². The fraction of sp³-hybridized carbons (Fsp3) is 0.214. The van der Waals surface area contributed by atoms with Gasteiger partial charge in [0.15, 0.2) is 0 Å². The Morgan fingerprint density at radius 3 is 2.79 bits per heavy atom. The normalized spacial score (nSPS) is 12.2. The zero-order valence-electron chi connectivity index (χ0n) is 10.5. The summed E-state index contributed by atoms with van der Waals surface area (Å²) in [6.07, 6.45) is -0.920. The van der Waals surface area contributed by atoms with Crippen LogP contribution in [-0.4, -0.2) is 18.2 Å². The fourth-order valence-corrected chi connectivity index (χ4v) is 2.15. The van der Waals surface area contributed by atoms with E-state index in [0.29, 0.717) is 5.76 Å². The molecule has 2 aromatic rings. The topological polar surface area (TPSA) is 59.7 Å². The summed E-state index contributed by atoms with van der Waals surface area (Å²) in [6.45, 7) is 1.90. The SMILES string of the molecule is COC(=O)c1ccc(C(O)c2cc(Br)ccc2C)o1. The summed E-state index contributed by atoms with van der Waals surface area (Å²) in [7, 11) is 1.28. The number of halogens is 1. The summed E-state index contributed by atoms with van der Waals surface area (Å²) in [6, 6.07) is 8.66. The van der Waals surface area contributed by atoms with Crippen molar-refractivity contribution in [2.24, 2.45) is 0 Å². The van der Waals surface area contributed by atoms with E-state index in [-0.39, 0.29) is 5.76 Å². The highest BCUT2D eigenvalue weighted by Gasteiger charge is 2.19. The highest BCUT2D eigenvalue weighted by Crippen LogP contribution is 2.28. The molecule has 0 spiro atoms. The number of aryl methyl sites for hydroxylation is 1. The average Bonchev–Trinajstić information content (AvgIpc) is 2.89. The Bertz CT molecular complexity index is 603. The number of carbonyl (C=O) groups is 1. The van der Waals surface area contributed by atoms with Crippen molar-refractivity contribution in [2.45, 2.75) is 13.0 Å². The second kappa shape index (κ2) is 5.59. The molecule has 1 atom stereocenters. The molecule has 0 fully saturated rings. The van der Waals surface area contributed by atoms with Crippen LogP contribution in [0.5, 0.6) is 0 Å². The van der Waals surface area contributed by atoms with Gasteiger partial charge in [0.2, 0.25) is 5.76 Å². The second-order valence-corrected chi connectivity index (χ2v) is 5.01. The first kappa shape index (κ1) is 13.8. The van der Waals surface area contributed by atoms with Crippen LogP contribution in [-0.2, 0) is 4.74 Å². The van der Waals surface area contributed by atoms with Crippen LogP contribution in [0.2, 0.25) is 0 Å². The monoisotopic (exact) mass is 324 g/mol. The third kappa shape index (κ3) is 2.88. The van der Waals surface area contributed by atoms with E-state index in [4.69, 9.17) is 4.42 Å². The number of aliphatic hydroxyl groups excluding tert-OH is 1. The van der Waals surface area contributed by atoms with Gasteiger partial charge in [0, 0.05) is 4.47 Å². The zero-order valence-corrected chi connectivity index (χ0v) is 12.1. The molecule has 1 unspecified atom stereocenters. The number of hydrogen-bond donors (Lipinski definition) is 1. The molecule has 1 aromatic carbocycles. The smallest absolute Gasteiger partial charge is 0.373 e. The number of benzene rings is 1. The largest absolute Gasteiger partial charge is 0.463 e. The van der Waals surface area contributed by atoms with Crippen molar-refractivity contribution < 1.29 is 19.1 Å². The summed E-state index contributed by atoms with van der Waals surface area (Å²) in [5.41, 5.74) is 1.66. The van der Waals surface area contributed by atoms with Gasteiger partial charge in [-0.25, -0.2) is 4.79 Å². The molecule has 4 nitrogen and oxygen atoms in total. The standard InChI is InChI=1S/C14H13BrO4/c1-8-3-4-9(15)7-10(8)13(16)11-5-6-12(19-11)14(17)18-2/h3-7,13,16H,1-2H3. The molecule has 2 rings (SSSR count). The van der Waals surface area contributed by atoms with Gasteiger partial charge in [0.1, 0.15) is 11.9 Å². The summed E-state index contributed by atoms with van der Waals surface area (Å²) in [4.78, 5) is 11.3. The molecule has 1 aromatic heterocycles. The maximum atomic E-state index is 11.3. The zero-order chi connectivity index (χ0) is 14.0. The highest BCUT2D eigenvalue weighted by molar-refractivity contribution is 9.10.